The molecule has 0 radical (unpaired) electrons. The van der Waals surface area contributed by atoms with E-state index >= 15 is 0 Å². The highest BCUT2D eigenvalue weighted by molar-refractivity contribution is 7.86. The summed E-state index contributed by atoms with van der Waals surface area (Å²) in [6.45, 7) is 1.65. The summed E-state index contributed by atoms with van der Waals surface area (Å²) in [6, 6.07) is 5.80. The number of nitrogens with two attached hydrogens (primary N) is 1. The molecule has 0 fully saturated rings. The zero-order chi connectivity index (χ0) is 16.5. The monoisotopic (exact) mass is 332 g/mol. The third-order valence-corrected chi connectivity index (χ3v) is 4.20. The van der Waals surface area contributed by atoms with E-state index in [1.165, 1.54) is 24.3 Å². The largest absolute Gasteiger partial charge is 0.460 e. The summed E-state index contributed by atoms with van der Waals surface area (Å²) in [7, 11) is -3.96. The van der Waals surface area contributed by atoms with Gasteiger partial charge in [0.05, 0.1) is 7.12 Å². The number of Topliss-reactive ketones (excluding diaryl/α,β-unsaturated/α-hetero) is 1. The van der Waals surface area contributed by atoms with Crippen LogP contribution in [-0.4, -0.2) is 20.0 Å². The van der Waals surface area contributed by atoms with Crippen molar-refractivity contribution < 1.29 is 23.5 Å². The van der Waals surface area contributed by atoms with E-state index in [2.05, 4.69) is 0 Å². The van der Waals surface area contributed by atoms with Gasteiger partial charge < -0.3 is 14.7 Å². The minimum atomic E-state index is -3.96. The summed E-state index contributed by atoms with van der Waals surface area (Å²) in [5.74, 6) is -2.46. The van der Waals surface area contributed by atoms with Crippen molar-refractivity contribution in [3.8, 4) is 0 Å². The number of carbonyl (C=O) groups excluding carboxylic acids is 1. The number of hydrogen-bond acceptors (Lipinski definition) is 6. The molecule has 21 heavy (non-hydrogen) atoms. The third kappa shape index (κ3) is 3.48. The van der Waals surface area contributed by atoms with Gasteiger partial charge in [-0.25, -0.2) is 0 Å². The fourth-order valence-electron chi connectivity index (χ4n) is 1.71. The van der Waals surface area contributed by atoms with Gasteiger partial charge in [0, 0.05) is 10.6 Å². The quantitative estimate of drug-likeness (QED) is 0.827. The van der Waals surface area contributed by atoms with Gasteiger partial charge in [-0.1, -0.05) is 30.7 Å². The highest BCUT2D eigenvalue weighted by Gasteiger charge is 2.39. The van der Waals surface area contributed by atoms with Crippen molar-refractivity contribution in [1.29, 1.82) is 0 Å². The second-order valence-corrected chi connectivity index (χ2v) is 6.43. The maximum atomic E-state index is 12.3. The summed E-state index contributed by atoms with van der Waals surface area (Å²) in [6.07, 6.45) is -1.88. The smallest absolute Gasteiger partial charge is 0.309 e. The molecule has 1 aliphatic heterocycles. The summed E-state index contributed by atoms with van der Waals surface area (Å²) >= 11 is 5.75. The highest BCUT2D eigenvalue weighted by Crippen LogP contribution is 2.32. The highest BCUT2D eigenvalue weighted by atomic mass is 35.5. The fraction of sp³-hybridized carbons (Fsp3) is 0.308. The van der Waals surface area contributed by atoms with Crippen LogP contribution in [0, 0.1) is 0 Å². The van der Waals surface area contributed by atoms with Crippen LogP contribution in [0.3, 0.4) is 0 Å². The molecule has 0 aliphatic carbocycles. The predicted molar refractivity (Wildman–Crippen MR) is 76.7 cm³/mol. The Morgan fingerprint density at radius 2 is 2.05 bits per heavy atom. The van der Waals surface area contributed by atoms with Gasteiger partial charge in [-0.05, 0) is 18.6 Å². The van der Waals surface area contributed by atoms with E-state index in [0.29, 0.717) is 11.4 Å². The van der Waals surface area contributed by atoms with Crippen LogP contribution in [0.25, 0.3) is 0 Å². The number of hydrogen-bond donors (Lipinski definition) is 1. The molecular weight excluding hydrogens is 318 g/mol. The molecule has 0 spiro atoms. The molecule has 2 N–H and O–H groups in total. The van der Waals surface area contributed by atoms with Crippen molar-refractivity contribution >= 4 is 27.5 Å². The molecular formula is C13H14ClNO5S. The van der Waals surface area contributed by atoms with Crippen LogP contribution in [0.4, 0.5) is 0 Å². The Bertz CT molecular complexity index is 731. The Morgan fingerprint density at radius 1 is 1.43 bits per heavy atom. The predicted octanol–water partition coefficient (Wildman–Crippen LogP) is 1.86. The van der Waals surface area contributed by atoms with Crippen LogP contribution < -0.4 is 5.73 Å². The second-order valence-electron chi connectivity index (χ2n) is 4.31. The molecule has 0 amide bonds. The van der Waals surface area contributed by atoms with Gasteiger partial charge in [0.25, 0.3) is 0 Å². The fourth-order valence-corrected chi connectivity index (χ4v) is 2.83. The number of ketones is 1. The van der Waals surface area contributed by atoms with E-state index < -0.39 is 33.6 Å². The number of rotatable bonds is 5. The summed E-state index contributed by atoms with van der Waals surface area (Å²) in [5.41, 5.74) is 5.68. The Labute approximate surface area is 129 Å². The topological polar surface area (TPSA) is 95.7 Å². The third-order valence-electron chi connectivity index (χ3n) is 2.62. The molecule has 0 saturated heterocycles. The molecule has 1 atom stereocenters. The van der Waals surface area contributed by atoms with E-state index in [0.717, 1.165) is 0 Å². The molecule has 1 aromatic carbocycles. The van der Waals surface area contributed by atoms with Crippen LogP contribution in [0.5, 0.6) is 0 Å². The zero-order valence-corrected chi connectivity index (χ0v) is 12.7. The van der Waals surface area contributed by atoms with E-state index in [1.54, 1.807) is 6.92 Å². The summed E-state index contributed by atoms with van der Waals surface area (Å²) < 4.78 is 41.3. The Kier molecular flexibility index (Phi) is 4.03. The zero-order valence-electron chi connectivity index (χ0n) is 12.1. The van der Waals surface area contributed by atoms with E-state index in [9.17, 15) is 13.2 Å². The van der Waals surface area contributed by atoms with Gasteiger partial charge >= 0.3 is 10.1 Å². The molecule has 0 saturated carbocycles. The molecule has 2 rings (SSSR count). The molecule has 8 heteroatoms. The Morgan fingerprint density at radius 3 is 2.62 bits per heavy atom. The number of benzene rings is 1. The van der Waals surface area contributed by atoms with Crippen LogP contribution in [0.2, 0.25) is 5.02 Å². The number of carbonyl (C=O) groups is 1. The minimum Gasteiger partial charge on any atom is -0.460 e. The molecule has 6 nitrogen and oxygen atoms in total. The molecule has 1 aromatic rings. The molecule has 0 aromatic heterocycles. The van der Waals surface area contributed by atoms with Crippen molar-refractivity contribution in [2.24, 2.45) is 5.73 Å². The molecule has 114 valence electrons. The Balaban J connectivity index is 2.32. The first-order valence-electron chi connectivity index (χ1n) is 6.61. The van der Waals surface area contributed by atoms with Crippen LogP contribution in [0.1, 0.15) is 26.4 Å². The summed E-state index contributed by atoms with van der Waals surface area (Å²) in [4.78, 5) is 12.3. The normalized spacial score (nSPS) is 23.0. The van der Waals surface area contributed by atoms with Crippen molar-refractivity contribution in [2.45, 2.75) is 19.4 Å². The standard InChI is InChI=1S/C13H14ClNO5S/c1-2-7-21(17,18)20-12-10(16)11(19-13(12)15)8-3-5-9(14)6-4-8/h3-6,11H,2,7,15H2,1H3/i11D. The van der Waals surface area contributed by atoms with Crippen LogP contribution in [-0.2, 0) is 23.8 Å². The van der Waals surface area contributed by atoms with E-state index in [1.807, 2.05) is 0 Å². The average molecular weight is 333 g/mol. The first-order valence-corrected chi connectivity index (χ1v) is 8.07. The van der Waals surface area contributed by atoms with Gasteiger partial charge in [-0.15, -0.1) is 0 Å². The second kappa shape index (κ2) is 5.95. The van der Waals surface area contributed by atoms with E-state index in [-0.39, 0.29) is 11.3 Å². The molecule has 0 bridgehead atoms. The van der Waals surface area contributed by atoms with Crippen molar-refractivity contribution in [3.63, 3.8) is 0 Å². The lowest BCUT2D eigenvalue weighted by molar-refractivity contribution is -0.123. The van der Waals surface area contributed by atoms with E-state index in [4.69, 9.17) is 27.6 Å². The maximum Gasteiger partial charge on any atom is 0.309 e. The van der Waals surface area contributed by atoms with Gasteiger partial charge in [0.15, 0.2) is 6.08 Å². The number of halogens is 1. The van der Waals surface area contributed by atoms with Crippen molar-refractivity contribution in [2.75, 3.05) is 5.75 Å². The summed E-state index contributed by atoms with van der Waals surface area (Å²) in [5, 5.41) is 0.417. The lowest BCUT2D eigenvalue weighted by Crippen LogP contribution is -2.16. The average Bonchev–Trinajstić information content (AvgIpc) is 2.64. The van der Waals surface area contributed by atoms with Crippen LogP contribution in [0.15, 0.2) is 35.9 Å². The van der Waals surface area contributed by atoms with Gasteiger partial charge in [0.2, 0.25) is 17.4 Å². The molecule has 1 unspecified atom stereocenters. The lowest BCUT2D eigenvalue weighted by Gasteiger charge is -2.09. The number of ether oxygens (including phenoxy) is 1. The SMILES string of the molecule is [2H]C1(c2ccc(Cl)cc2)OC(N)=C(OS(=O)(=O)CCC)C1=O. The first kappa shape index (κ1) is 14.2. The van der Waals surface area contributed by atoms with Gasteiger partial charge in [0.1, 0.15) is 0 Å². The minimum absolute atomic E-state index is 0.163. The van der Waals surface area contributed by atoms with Crippen molar-refractivity contribution in [3.05, 3.63) is 46.5 Å². The Hall–Kier alpha value is -1.73. The van der Waals surface area contributed by atoms with Gasteiger partial charge in [-0.2, -0.15) is 8.42 Å². The van der Waals surface area contributed by atoms with Crippen molar-refractivity contribution in [1.82, 2.24) is 0 Å². The van der Waals surface area contributed by atoms with Gasteiger partial charge in [-0.3, -0.25) is 4.79 Å². The maximum absolute atomic E-state index is 12.3. The first-order chi connectivity index (χ1) is 10.2. The molecule has 1 aliphatic rings. The lowest BCUT2D eigenvalue weighted by atomic mass is 10.1. The van der Waals surface area contributed by atoms with Crippen LogP contribution >= 0.6 is 11.6 Å². The molecule has 1 heterocycles.